The summed E-state index contributed by atoms with van der Waals surface area (Å²) in [6.07, 6.45) is 2.74. The topological polar surface area (TPSA) is 79.5 Å². The van der Waals surface area contributed by atoms with Gasteiger partial charge in [-0.15, -0.1) is 0 Å². The summed E-state index contributed by atoms with van der Waals surface area (Å²) in [5, 5.41) is 0. The summed E-state index contributed by atoms with van der Waals surface area (Å²) in [6, 6.07) is 14.1. The van der Waals surface area contributed by atoms with Crippen molar-refractivity contribution in [3.05, 3.63) is 54.4 Å². The molecular weight excluding hydrogens is 376 g/mol. The largest absolute Gasteiger partial charge is 0.336 e. The molecule has 3 atom stereocenters. The van der Waals surface area contributed by atoms with Gasteiger partial charge in [0.15, 0.2) is 0 Å². The van der Waals surface area contributed by atoms with Crippen LogP contribution in [0.1, 0.15) is 37.7 Å². The maximum absolute atomic E-state index is 12.9. The monoisotopic (exact) mass is 406 g/mol. The van der Waals surface area contributed by atoms with Crippen molar-refractivity contribution in [2.75, 3.05) is 19.6 Å². The molecule has 1 aliphatic carbocycles. The zero-order valence-electron chi connectivity index (χ0n) is 17.9. The number of benzene rings is 1. The molecule has 1 saturated carbocycles. The summed E-state index contributed by atoms with van der Waals surface area (Å²) in [7, 11) is 0. The van der Waals surface area contributed by atoms with E-state index >= 15 is 0 Å². The number of rotatable bonds is 3. The molecule has 2 saturated heterocycles. The molecule has 2 aliphatic heterocycles. The lowest BCUT2D eigenvalue weighted by molar-refractivity contribution is -0.129. The van der Waals surface area contributed by atoms with E-state index in [0.717, 1.165) is 30.0 Å². The Hall–Kier alpha value is -2.73. The summed E-state index contributed by atoms with van der Waals surface area (Å²) in [4.78, 5) is 33.0. The third-order valence-corrected chi connectivity index (χ3v) is 6.17. The number of carbonyl (C=O) groups excluding carboxylic acids is 2. The molecular formula is C24H30N4O2. The van der Waals surface area contributed by atoms with Gasteiger partial charge in [-0.3, -0.25) is 14.6 Å². The Kier molecular flexibility index (Phi) is 5.36. The number of hydrogen-bond acceptors (Lipinski definition) is 4. The van der Waals surface area contributed by atoms with Gasteiger partial charge in [-0.2, -0.15) is 0 Å². The molecule has 0 bridgehead atoms. The van der Waals surface area contributed by atoms with Gasteiger partial charge in [0.25, 0.3) is 5.91 Å². The number of pyridine rings is 1. The van der Waals surface area contributed by atoms with Crippen LogP contribution < -0.4 is 5.73 Å². The molecule has 2 aromatic rings. The second-order valence-electron chi connectivity index (χ2n) is 9.18. The van der Waals surface area contributed by atoms with Gasteiger partial charge in [0.05, 0.1) is 12.6 Å². The SMILES string of the molecule is CC(C)C.NCC(=O)N1CC2N(C(=O)c3ccc(-c4ccccc4)cn3)CC23CC13. The smallest absolute Gasteiger partial charge is 0.272 e. The number of carbonyl (C=O) groups is 2. The summed E-state index contributed by atoms with van der Waals surface area (Å²) in [5.74, 6) is 0.770. The van der Waals surface area contributed by atoms with Gasteiger partial charge >= 0.3 is 0 Å². The van der Waals surface area contributed by atoms with Gasteiger partial charge in [-0.1, -0.05) is 57.2 Å². The molecule has 3 unspecified atom stereocenters. The number of nitrogens with zero attached hydrogens (tertiary/aromatic N) is 3. The van der Waals surface area contributed by atoms with E-state index in [9.17, 15) is 9.59 Å². The highest BCUT2D eigenvalue weighted by Crippen LogP contribution is 2.64. The Bertz CT molecular complexity index is 925. The molecule has 6 heteroatoms. The van der Waals surface area contributed by atoms with Crippen LogP contribution in [0.2, 0.25) is 0 Å². The lowest BCUT2D eigenvalue weighted by atomic mass is 9.86. The molecule has 6 nitrogen and oxygen atoms in total. The molecule has 0 radical (unpaired) electrons. The minimum Gasteiger partial charge on any atom is -0.336 e. The van der Waals surface area contributed by atoms with Crippen LogP contribution in [0.25, 0.3) is 11.1 Å². The number of piperidine rings is 1. The molecule has 158 valence electrons. The summed E-state index contributed by atoms with van der Waals surface area (Å²) in [6.45, 7) is 7.86. The minimum atomic E-state index is -0.0482. The lowest BCUT2D eigenvalue weighted by Gasteiger charge is -2.46. The number of nitrogens with two attached hydrogens (primary N) is 1. The van der Waals surface area contributed by atoms with Crippen molar-refractivity contribution in [2.45, 2.75) is 39.3 Å². The van der Waals surface area contributed by atoms with E-state index in [1.165, 1.54) is 0 Å². The zero-order valence-corrected chi connectivity index (χ0v) is 17.9. The number of hydrogen-bond donors (Lipinski definition) is 1. The van der Waals surface area contributed by atoms with Crippen molar-refractivity contribution in [1.29, 1.82) is 0 Å². The lowest BCUT2D eigenvalue weighted by Crippen LogP contribution is -2.61. The normalized spacial score (nSPS) is 25.6. The van der Waals surface area contributed by atoms with Crippen LogP contribution in [0.4, 0.5) is 0 Å². The van der Waals surface area contributed by atoms with Gasteiger partial charge in [0.1, 0.15) is 5.69 Å². The quantitative estimate of drug-likeness (QED) is 0.850. The van der Waals surface area contributed by atoms with Crippen LogP contribution in [0.3, 0.4) is 0 Å². The van der Waals surface area contributed by atoms with E-state index in [1.54, 1.807) is 12.3 Å². The molecule has 1 aromatic carbocycles. The van der Waals surface area contributed by atoms with Crippen LogP contribution in [-0.2, 0) is 4.79 Å². The fraction of sp³-hybridized carbons (Fsp3) is 0.458. The first-order valence-electron chi connectivity index (χ1n) is 10.7. The Morgan fingerprint density at radius 2 is 1.77 bits per heavy atom. The minimum absolute atomic E-state index is 0.0148. The second kappa shape index (κ2) is 7.84. The van der Waals surface area contributed by atoms with Gasteiger partial charge in [-0.25, -0.2) is 0 Å². The van der Waals surface area contributed by atoms with E-state index < -0.39 is 0 Å². The molecule has 5 rings (SSSR count). The van der Waals surface area contributed by atoms with Gasteiger partial charge in [0.2, 0.25) is 5.91 Å². The van der Waals surface area contributed by atoms with Gasteiger partial charge in [0, 0.05) is 36.3 Å². The Labute approximate surface area is 178 Å². The Balaban J connectivity index is 0.000000503. The fourth-order valence-corrected chi connectivity index (χ4v) is 4.65. The summed E-state index contributed by atoms with van der Waals surface area (Å²) >= 11 is 0. The van der Waals surface area contributed by atoms with Crippen LogP contribution in [0, 0.1) is 11.3 Å². The molecule has 1 aromatic heterocycles. The van der Waals surface area contributed by atoms with Crippen LogP contribution in [-0.4, -0.2) is 58.3 Å². The average Bonchev–Trinajstić information content (AvgIpc) is 3.44. The van der Waals surface area contributed by atoms with Crippen molar-refractivity contribution in [3.63, 3.8) is 0 Å². The van der Waals surface area contributed by atoms with Crippen LogP contribution >= 0.6 is 0 Å². The van der Waals surface area contributed by atoms with Gasteiger partial charge < -0.3 is 15.5 Å². The number of amides is 2. The van der Waals surface area contributed by atoms with Crippen molar-refractivity contribution < 1.29 is 9.59 Å². The molecule has 3 fully saturated rings. The third kappa shape index (κ3) is 3.49. The highest BCUT2D eigenvalue weighted by atomic mass is 16.2. The van der Waals surface area contributed by atoms with Gasteiger partial charge in [-0.05, 0) is 24.0 Å². The second-order valence-corrected chi connectivity index (χ2v) is 9.18. The number of aromatic nitrogens is 1. The number of likely N-dealkylation sites (tertiary alicyclic amines) is 2. The highest BCUT2D eigenvalue weighted by Gasteiger charge is 2.75. The highest BCUT2D eigenvalue weighted by molar-refractivity contribution is 5.94. The summed E-state index contributed by atoms with van der Waals surface area (Å²) < 4.78 is 0. The fourth-order valence-electron chi connectivity index (χ4n) is 4.65. The van der Waals surface area contributed by atoms with E-state index in [1.807, 2.05) is 46.2 Å². The van der Waals surface area contributed by atoms with Crippen molar-refractivity contribution >= 4 is 11.8 Å². The standard InChI is InChI=1S/C20H20N4O2.C4H10/c21-9-18(25)23-11-17-20(8-16(20)23)12-24(17)19(26)15-7-6-14(10-22-15)13-4-2-1-3-5-13;1-4(2)3/h1-7,10,16-17H,8-9,11-12,21H2;4H,1-3H3. The van der Waals surface area contributed by atoms with Crippen molar-refractivity contribution in [3.8, 4) is 11.1 Å². The molecule has 3 aliphatic rings. The molecule has 2 N–H and O–H groups in total. The maximum atomic E-state index is 12.9. The first-order chi connectivity index (χ1) is 14.4. The van der Waals surface area contributed by atoms with Crippen LogP contribution in [0.5, 0.6) is 0 Å². The zero-order chi connectivity index (χ0) is 21.5. The third-order valence-electron chi connectivity index (χ3n) is 6.17. The predicted molar refractivity (Wildman–Crippen MR) is 117 cm³/mol. The van der Waals surface area contributed by atoms with E-state index in [-0.39, 0.29) is 35.9 Å². The molecule has 3 heterocycles. The van der Waals surface area contributed by atoms with E-state index in [4.69, 9.17) is 5.73 Å². The predicted octanol–water partition coefficient (Wildman–Crippen LogP) is 2.79. The Morgan fingerprint density at radius 3 is 2.37 bits per heavy atom. The Morgan fingerprint density at radius 1 is 1.07 bits per heavy atom. The molecule has 30 heavy (non-hydrogen) atoms. The first kappa shape index (κ1) is 20.5. The van der Waals surface area contributed by atoms with E-state index in [2.05, 4.69) is 25.8 Å². The van der Waals surface area contributed by atoms with Crippen LogP contribution in [0.15, 0.2) is 48.7 Å². The average molecular weight is 407 g/mol. The molecule has 2 amide bonds. The van der Waals surface area contributed by atoms with Crippen molar-refractivity contribution in [2.24, 2.45) is 17.1 Å². The van der Waals surface area contributed by atoms with Crippen molar-refractivity contribution in [1.82, 2.24) is 14.8 Å². The summed E-state index contributed by atoms with van der Waals surface area (Å²) in [5.41, 5.74) is 8.16. The molecule has 1 spiro atoms. The first-order valence-corrected chi connectivity index (χ1v) is 10.7. The van der Waals surface area contributed by atoms with E-state index in [0.29, 0.717) is 12.2 Å². The maximum Gasteiger partial charge on any atom is 0.272 e.